The molecule has 0 amide bonds. The molecule has 0 saturated heterocycles. The molecule has 0 aliphatic heterocycles. The normalized spacial score (nSPS) is 43.4. The molecule has 32 heavy (non-hydrogen) atoms. The molecule has 4 heteroatoms. The van der Waals surface area contributed by atoms with Crippen molar-refractivity contribution >= 4 is 17.4 Å². The van der Waals surface area contributed by atoms with E-state index in [2.05, 4.69) is 37.4 Å². The van der Waals surface area contributed by atoms with E-state index in [4.69, 9.17) is 11.6 Å². The van der Waals surface area contributed by atoms with Gasteiger partial charge in [0.05, 0.1) is 5.60 Å². The summed E-state index contributed by atoms with van der Waals surface area (Å²) in [5, 5.41) is 15.8. The van der Waals surface area contributed by atoms with Crippen LogP contribution in [0.2, 0.25) is 0 Å². The first-order chi connectivity index (χ1) is 15.2. The largest absolute Gasteiger partial charge is 0.388 e. The molecule has 6 unspecified atom stereocenters. The molecule has 0 spiro atoms. The van der Waals surface area contributed by atoms with Crippen LogP contribution in [-0.2, 0) is 4.79 Å². The molecular formula is C28H38ClNO2. The molecular weight excluding hydrogens is 418 g/mol. The molecule has 3 nitrogen and oxygen atoms in total. The average molecular weight is 456 g/mol. The van der Waals surface area contributed by atoms with E-state index in [0.717, 1.165) is 62.9 Å². The molecule has 0 aromatic heterocycles. The van der Waals surface area contributed by atoms with Gasteiger partial charge in [0.15, 0.2) is 0 Å². The number of carbonyl (C=O) groups excluding carboxylic acids is 1. The van der Waals surface area contributed by atoms with Gasteiger partial charge >= 0.3 is 0 Å². The van der Waals surface area contributed by atoms with Crippen LogP contribution in [0.1, 0.15) is 71.6 Å². The quantitative estimate of drug-likeness (QED) is 0.523. The van der Waals surface area contributed by atoms with E-state index >= 15 is 0 Å². The van der Waals surface area contributed by atoms with Crippen LogP contribution < -0.4 is 5.32 Å². The molecule has 3 saturated carbocycles. The van der Waals surface area contributed by atoms with E-state index in [1.807, 2.05) is 12.2 Å². The maximum absolute atomic E-state index is 12.6. The van der Waals surface area contributed by atoms with Crippen molar-refractivity contribution in [1.29, 1.82) is 0 Å². The molecule has 0 aromatic carbocycles. The van der Waals surface area contributed by atoms with Gasteiger partial charge < -0.3 is 10.4 Å². The topological polar surface area (TPSA) is 49.3 Å². The SMILES string of the molecule is CC12CCC3C(CC=C4CC(O)(CNCC5=CCC(Cl)=CC=C5)CCC43C)C1CCC2=O. The maximum atomic E-state index is 12.6. The number of ketones is 1. The number of hydrogen-bond donors (Lipinski definition) is 2. The van der Waals surface area contributed by atoms with Crippen molar-refractivity contribution in [3.05, 3.63) is 46.6 Å². The summed E-state index contributed by atoms with van der Waals surface area (Å²) in [5.41, 5.74) is 2.15. The number of nitrogens with one attached hydrogen (secondary N) is 1. The smallest absolute Gasteiger partial charge is 0.139 e. The van der Waals surface area contributed by atoms with Crippen LogP contribution in [0.3, 0.4) is 0 Å². The lowest BCUT2D eigenvalue weighted by Crippen LogP contribution is -2.54. The van der Waals surface area contributed by atoms with Crippen LogP contribution in [0.5, 0.6) is 0 Å². The average Bonchev–Trinajstić information content (AvgIpc) is 2.92. The number of aliphatic hydroxyl groups is 1. The molecule has 0 heterocycles. The predicted octanol–water partition coefficient (Wildman–Crippen LogP) is 5.85. The summed E-state index contributed by atoms with van der Waals surface area (Å²) in [6.07, 6.45) is 19.3. The van der Waals surface area contributed by atoms with Gasteiger partial charge in [-0.1, -0.05) is 55.3 Å². The van der Waals surface area contributed by atoms with Crippen molar-refractivity contribution in [2.75, 3.05) is 13.1 Å². The molecule has 6 atom stereocenters. The summed E-state index contributed by atoms with van der Waals surface area (Å²) >= 11 is 6.12. The van der Waals surface area contributed by atoms with E-state index in [-0.39, 0.29) is 10.8 Å². The van der Waals surface area contributed by atoms with Crippen molar-refractivity contribution in [2.45, 2.75) is 77.2 Å². The Labute approximate surface area is 198 Å². The third-order valence-corrected chi connectivity index (χ3v) is 10.2. The van der Waals surface area contributed by atoms with Gasteiger partial charge in [0.1, 0.15) is 5.78 Å². The van der Waals surface area contributed by atoms with Gasteiger partial charge in [0, 0.05) is 36.4 Å². The van der Waals surface area contributed by atoms with Crippen molar-refractivity contribution in [1.82, 2.24) is 5.32 Å². The Kier molecular flexibility index (Phi) is 5.83. The Morgan fingerprint density at radius 3 is 2.78 bits per heavy atom. The second kappa shape index (κ2) is 8.25. The molecule has 5 aliphatic carbocycles. The van der Waals surface area contributed by atoms with Crippen LogP contribution in [0.25, 0.3) is 0 Å². The van der Waals surface area contributed by atoms with E-state index in [1.54, 1.807) is 0 Å². The molecule has 0 bridgehead atoms. The van der Waals surface area contributed by atoms with Gasteiger partial charge in [-0.25, -0.2) is 0 Å². The van der Waals surface area contributed by atoms with Crippen LogP contribution in [0, 0.1) is 28.6 Å². The molecule has 0 aromatic rings. The molecule has 2 N–H and O–H groups in total. The van der Waals surface area contributed by atoms with Gasteiger partial charge in [0.25, 0.3) is 0 Å². The predicted molar refractivity (Wildman–Crippen MR) is 130 cm³/mol. The first-order valence-electron chi connectivity index (χ1n) is 12.6. The summed E-state index contributed by atoms with van der Waals surface area (Å²) in [7, 11) is 0. The summed E-state index contributed by atoms with van der Waals surface area (Å²) < 4.78 is 0. The number of carbonyl (C=O) groups is 1. The minimum Gasteiger partial charge on any atom is -0.388 e. The highest BCUT2D eigenvalue weighted by Crippen LogP contribution is 2.64. The summed E-state index contributed by atoms with van der Waals surface area (Å²) in [5.74, 6) is 2.39. The third kappa shape index (κ3) is 3.79. The number of rotatable bonds is 4. The van der Waals surface area contributed by atoms with Crippen molar-refractivity contribution in [2.24, 2.45) is 28.6 Å². The fourth-order valence-corrected chi connectivity index (χ4v) is 8.00. The lowest BCUT2D eigenvalue weighted by Gasteiger charge is -2.58. The highest BCUT2D eigenvalue weighted by Gasteiger charge is 2.59. The first-order valence-corrected chi connectivity index (χ1v) is 13.0. The fraction of sp³-hybridized carbons (Fsp3) is 0.679. The van der Waals surface area contributed by atoms with Crippen LogP contribution in [0.4, 0.5) is 0 Å². The first kappa shape index (κ1) is 22.6. The van der Waals surface area contributed by atoms with Gasteiger partial charge in [-0.15, -0.1) is 0 Å². The second-order valence-corrected chi connectivity index (χ2v) is 12.1. The molecule has 5 aliphatic rings. The summed E-state index contributed by atoms with van der Waals surface area (Å²) in [4.78, 5) is 12.6. The summed E-state index contributed by atoms with van der Waals surface area (Å²) in [6.45, 7) is 6.08. The summed E-state index contributed by atoms with van der Waals surface area (Å²) in [6, 6.07) is 0. The van der Waals surface area contributed by atoms with Crippen molar-refractivity contribution in [3.63, 3.8) is 0 Å². The van der Waals surface area contributed by atoms with Crippen LogP contribution >= 0.6 is 11.6 Å². The number of hydrogen-bond acceptors (Lipinski definition) is 3. The molecule has 0 radical (unpaired) electrons. The minimum atomic E-state index is -0.671. The Bertz CT molecular complexity index is 916. The molecule has 174 valence electrons. The van der Waals surface area contributed by atoms with Gasteiger partial charge in [-0.3, -0.25) is 4.79 Å². The highest BCUT2D eigenvalue weighted by atomic mass is 35.5. The number of Topliss-reactive ketones (excluding diaryl/α,β-unsaturated/α-hetero) is 1. The fourth-order valence-electron chi connectivity index (χ4n) is 7.85. The van der Waals surface area contributed by atoms with Gasteiger partial charge in [0.2, 0.25) is 0 Å². The lowest BCUT2D eigenvalue weighted by atomic mass is 9.47. The van der Waals surface area contributed by atoms with Crippen molar-refractivity contribution in [3.8, 4) is 0 Å². The maximum Gasteiger partial charge on any atom is 0.139 e. The van der Waals surface area contributed by atoms with E-state index < -0.39 is 5.60 Å². The Morgan fingerprint density at radius 2 is 1.94 bits per heavy atom. The highest BCUT2D eigenvalue weighted by molar-refractivity contribution is 6.29. The number of allylic oxidation sites excluding steroid dienone is 5. The number of fused-ring (bicyclic) bond motifs is 5. The van der Waals surface area contributed by atoms with Gasteiger partial charge in [-0.2, -0.15) is 0 Å². The van der Waals surface area contributed by atoms with E-state index in [0.29, 0.717) is 30.1 Å². The molecule has 3 fully saturated rings. The Balaban J connectivity index is 1.25. The minimum absolute atomic E-state index is 0.0664. The van der Waals surface area contributed by atoms with Crippen molar-refractivity contribution < 1.29 is 9.90 Å². The van der Waals surface area contributed by atoms with E-state index in [1.165, 1.54) is 17.6 Å². The monoisotopic (exact) mass is 455 g/mol. The third-order valence-electron chi connectivity index (χ3n) is 9.89. The Hall–Kier alpha value is -1.16. The second-order valence-electron chi connectivity index (χ2n) is 11.6. The zero-order chi connectivity index (χ0) is 22.6. The van der Waals surface area contributed by atoms with Crippen LogP contribution in [-0.4, -0.2) is 29.6 Å². The zero-order valence-electron chi connectivity index (χ0n) is 19.6. The lowest BCUT2D eigenvalue weighted by molar-refractivity contribution is -0.132. The zero-order valence-corrected chi connectivity index (χ0v) is 20.4. The Morgan fingerprint density at radius 1 is 1.12 bits per heavy atom. The number of halogens is 1. The van der Waals surface area contributed by atoms with E-state index in [9.17, 15) is 9.90 Å². The van der Waals surface area contributed by atoms with Crippen LogP contribution in [0.15, 0.2) is 46.6 Å². The standard InChI is InChI=1S/C28H38ClNO2/c1-26-14-15-28(32,18-30-17-19-4-3-5-21(29)8-6-19)16-20(26)7-9-22-23-10-11-25(31)27(23,2)13-12-24(22)26/h3-7,22-24,30,32H,8-18H2,1-2H3. The van der Waals surface area contributed by atoms with Gasteiger partial charge in [-0.05, 0) is 79.8 Å². The molecule has 5 rings (SSSR count).